The first-order valence-electron chi connectivity index (χ1n) is 8.28. The molecule has 0 aliphatic rings. The fraction of sp³-hybridized carbons (Fsp3) is 0.143. The summed E-state index contributed by atoms with van der Waals surface area (Å²) in [6.45, 7) is 0. The van der Waals surface area contributed by atoms with Crippen molar-refractivity contribution in [3.63, 3.8) is 0 Å². The number of aromatic nitrogens is 1. The molecule has 0 saturated carbocycles. The second-order valence-corrected chi connectivity index (χ2v) is 6.22. The van der Waals surface area contributed by atoms with Crippen molar-refractivity contribution in [3.8, 4) is 0 Å². The zero-order valence-electron chi connectivity index (χ0n) is 15.0. The minimum Gasteiger partial charge on any atom is -0.332 e. The van der Waals surface area contributed by atoms with Gasteiger partial charge in [-0.25, -0.2) is 0 Å². The van der Waals surface area contributed by atoms with Gasteiger partial charge < -0.3 is 14.8 Å². The molecule has 27 heavy (non-hydrogen) atoms. The zero-order valence-corrected chi connectivity index (χ0v) is 15.7. The molecule has 1 N–H and O–H groups in total. The molecular weight excluding hydrogens is 364 g/mol. The summed E-state index contributed by atoms with van der Waals surface area (Å²) in [6.07, 6.45) is 1.55. The van der Waals surface area contributed by atoms with E-state index >= 15 is 0 Å². The van der Waals surface area contributed by atoms with Gasteiger partial charge in [-0.2, -0.15) is 0 Å². The third-order valence-electron chi connectivity index (χ3n) is 4.14. The van der Waals surface area contributed by atoms with E-state index in [-0.39, 0.29) is 11.5 Å². The van der Waals surface area contributed by atoms with Gasteiger partial charge in [0, 0.05) is 42.3 Å². The molecule has 2 aromatic carbocycles. The van der Waals surface area contributed by atoms with Gasteiger partial charge in [-0.3, -0.25) is 9.78 Å². The van der Waals surface area contributed by atoms with E-state index in [1.807, 2.05) is 30.3 Å². The maximum absolute atomic E-state index is 12.8. The molecule has 3 aromatic rings. The Bertz CT molecular complexity index is 910. The van der Waals surface area contributed by atoms with Crippen LogP contribution in [0.15, 0.2) is 72.9 Å². The van der Waals surface area contributed by atoms with Crippen LogP contribution in [0.3, 0.4) is 0 Å². The second kappa shape index (κ2) is 8.31. The summed E-state index contributed by atoms with van der Waals surface area (Å²) < 4.78 is 11.3. The molecule has 0 amide bonds. The fourth-order valence-electron chi connectivity index (χ4n) is 2.71. The molecule has 0 spiro atoms. The van der Waals surface area contributed by atoms with Crippen molar-refractivity contribution in [2.75, 3.05) is 19.5 Å². The standard InChI is InChI=1S/C21H19ClN2O3/c1-26-21(27-2,24-18-6-4-3-5-7-18)16-12-13-23-19(14-16)20(25)15-8-10-17(22)11-9-15/h3-14,24H,1-2H3. The van der Waals surface area contributed by atoms with E-state index < -0.39 is 5.91 Å². The third-order valence-corrected chi connectivity index (χ3v) is 4.39. The highest BCUT2D eigenvalue weighted by atomic mass is 35.5. The van der Waals surface area contributed by atoms with Crippen molar-refractivity contribution >= 4 is 23.1 Å². The molecular formula is C21H19ClN2O3. The lowest BCUT2D eigenvalue weighted by Crippen LogP contribution is -2.39. The summed E-state index contributed by atoms with van der Waals surface area (Å²) >= 11 is 5.89. The maximum Gasteiger partial charge on any atom is 0.277 e. The van der Waals surface area contributed by atoms with Gasteiger partial charge in [-0.05, 0) is 48.5 Å². The first-order valence-corrected chi connectivity index (χ1v) is 8.66. The van der Waals surface area contributed by atoms with E-state index in [0.29, 0.717) is 16.1 Å². The van der Waals surface area contributed by atoms with Gasteiger partial charge in [0.2, 0.25) is 5.78 Å². The number of methoxy groups -OCH3 is 2. The second-order valence-electron chi connectivity index (χ2n) is 5.78. The van der Waals surface area contributed by atoms with Crippen LogP contribution in [0.25, 0.3) is 0 Å². The zero-order chi connectivity index (χ0) is 19.3. The Kier molecular flexibility index (Phi) is 5.86. The summed E-state index contributed by atoms with van der Waals surface area (Å²) in [4.78, 5) is 17.0. The van der Waals surface area contributed by atoms with Crippen molar-refractivity contribution in [2.45, 2.75) is 5.91 Å². The molecule has 0 saturated heterocycles. The topological polar surface area (TPSA) is 60.4 Å². The number of anilines is 1. The van der Waals surface area contributed by atoms with Crippen LogP contribution in [0.2, 0.25) is 5.02 Å². The maximum atomic E-state index is 12.8. The highest BCUT2D eigenvalue weighted by Gasteiger charge is 2.33. The van der Waals surface area contributed by atoms with Crippen molar-refractivity contribution in [1.29, 1.82) is 0 Å². The van der Waals surface area contributed by atoms with E-state index in [2.05, 4.69) is 10.3 Å². The Morgan fingerprint density at radius 1 is 1.00 bits per heavy atom. The summed E-state index contributed by atoms with van der Waals surface area (Å²) in [5.41, 5.74) is 2.20. The van der Waals surface area contributed by atoms with E-state index in [1.54, 1.807) is 42.6 Å². The number of halogens is 1. The number of pyridine rings is 1. The van der Waals surface area contributed by atoms with Gasteiger partial charge in [0.1, 0.15) is 5.69 Å². The summed E-state index contributed by atoms with van der Waals surface area (Å²) in [5.74, 6) is -1.48. The average molecular weight is 383 g/mol. The predicted octanol–water partition coefficient (Wildman–Crippen LogP) is 4.48. The number of nitrogens with zero attached hydrogens (tertiary/aromatic N) is 1. The van der Waals surface area contributed by atoms with Crippen molar-refractivity contribution < 1.29 is 14.3 Å². The Hall–Kier alpha value is -2.73. The van der Waals surface area contributed by atoms with Gasteiger partial charge in [-0.1, -0.05) is 29.8 Å². The molecule has 0 unspecified atom stereocenters. The molecule has 3 rings (SSSR count). The fourth-order valence-corrected chi connectivity index (χ4v) is 2.84. The first-order chi connectivity index (χ1) is 13.1. The summed E-state index contributed by atoms with van der Waals surface area (Å²) in [6, 6.07) is 19.6. The predicted molar refractivity (Wildman–Crippen MR) is 105 cm³/mol. The smallest absolute Gasteiger partial charge is 0.277 e. The monoisotopic (exact) mass is 382 g/mol. The van der Waals surface area contributed by atoms with E-state index in [1.165, 1.54) is 14.2 Å². The molecule has 0 atom stereocenters. The van der Waals surface area contributed by atoms with Crippen LogP contribution in [-0.2, 0) is 15.4 Å². The van der Waals surface area contributed by atoms with Gasteiger partial charge in [0.05, 0.1) is 0 Å². The van der Waals surface area contributed by atoms with E-state index in [4.69, 9.17) is 21.1 Å². The normalized spacial score (nSPS) is 11.2. The molecule has 0 aliphatic carbocycles. The lowest BCUT2D eigenvalue weighted by Gasteiger charge is -2.32. The molecule has 0 fully saturated rings. The average Bonchev–Trinajstić information content (AvgIpc) is 2.73. The van der Waals surface area contributed by atoms with Crippen molar-refractivity contribution in [1.82, 2.24) is 4.98 Å². The Labute approximate surface area is 162 Å². The third kappa shape index (κ3) is 4.17. The van der Waals surface area contributed by atoms with Crippen LogP contribution in [0.4, 0.5) is 5.69 Å². The Morgan fingerprint density at radius 2 is 1.67 bits per heavy atom. The van der Waals surface area contributed by atoms with Gasteiger partial charge in [0.15, 0.2) is 0 Å². The Morgan fingerprint density at radius 3 is 2.30 bits per heavy atom. The number of carbonyl (C=O) groups is 1. The van der Waals surface area contributed by atoms with Crippen LogP contribution in [-0.4, -0.2) is 25.0 Å². The highest BCUT2D eigenvalue weighted by Crippen LogP contribution is 2.28. The minimum atomic E-state index is -1.26. The Balaban J connectivity index is 1.96. The molecule has 6 heteroatoms. The summed E-state index contributed by atoms with van der Waals surface area (Å²) in [7, 11) is 3.06. The van der Waals surface area contributed by atoms with Crippen molar-refractivity contribution in [2.24, 2.45) is 0 Å². The number of hydrogen-bond donors (Lipinski definition) is 1. The molecule has 0 aliphatic heterocycles. The van der Waals surface area contributed by atoms with Crippen molar-refractivity contribution in [3.05, 3.63) is 94.8 Å². The minimum absolute atomic E-state index is 0.214. The molecule has 5 nitrogen and oxygen atoms in total. The molecule has 1 aromatic heterocycles. The number of benzene rings is 2. The quantitative estimate of drug-likeness (QED) is 0.482. The van der Waals surface area contributed by atoms with E-state index in [0.717, 1.165) is 5.69 Å². The number of para-hydroxylation sites is 1. The lowest BCUT2D eigenvalue weighted by molar-refractivity contribution is -0.193. The molecule has 138 valence electrons. The van der Waals surface area contributed by atoms with Gasteiger partial charge in [-0.15, -0.1) is 0 Å². The number of carbonyl (C=O) groups excluding carboxylic acids is 1. The molecule has 0 bridgehead atoms. The number of ketones is 1. The SMILES string of the molecule is COC(Nc1ccccc1)(OC)c1ccnc(C(=O)c2ccc(Cl)cc2)c1. The van der Waals surface area contributed by atoms with Crippen LogP contribution < -0.4 is 5.32 Å². The summed E-state index contributed by atoms with van der Waals surface area (Å²) in [5, 5.41) is 3.79. The first kappa shape index (κ1) is 19.0. The van der Waals surface area contributed by atoms with Gasteiger partial charge in [0.25, 0.3) is 5.91 Å². The molecule has 1 heterocycles. The van der Waals surface area contributed by atoms with Crippen LogP contribution in [0.1, 0.15) is 21.6 Å². The van der Waals surface area contributed by atoms with Gasteiger partial charge >= 0.3 is 0 Å². The number of nitrogens with one attached hydrogen (secondary N) is 1. The van der Waals surface area contributed by atoms with E-state index in [9.17, 15) is 4.79 Å². The largest absolute Gasteiger partial charge is 0.332 e. The number of hydrogen-bond acceptors (Lipinski definition) is 5. The van der Waals surface area contributed by atoms with Crippen LogP contribution >= 0.6 is 11.6 Å². The number of rotatable bonds is 7. The molecule has 0 radical (unpaired) electrons. The highest BCUT2D eigenvalue weighted by molar-refractivity contribution is 6.30. The van der Waals surface area contributed by atoms with Crippen LogP contribution in [0, 0.1) is 0 Å². The number of ether oxygens (including phenoxy) is 2. The lowest BCUT2D eigenvalue weighted by atomic mass is 10.0. The van der Waals surface area contributed by atoms with Crippen LogP contribution in [0.5, 0.6) is 0 Å².